The van der Waals surface area contributed by atoms with E-state index in [1.165, 1.54) is 0 Å². The molecule has 0 radical (unpaired) electrons. The second-order valence-electron chi connectivity index (χ2n) is 4.20. The van der Waals surface area contributed by atoms with Crippen LogP contribution in [0.1, 0.15) is 26.2 Å². The zero-order valence-electron chi connectivity index (χ0n) is 10.1. The lowest BCUT2D eigenvalue weighted by atomic mass is 10.0. The van der Waals surface area contributed by atoms with Crippen molar-refractivity contribution in [3.63, 3.8) is 0 Å². The highest BCUT2D eigenvalue weighted by Gasteiger charge is 2.32. The molecule has 17 heavy (non-hydrogen) atoms. The van der Waals surface area contributed by atoms with Gasteiger partial charge < -0.3 is 14.8 Å². The maximum atomic E-state index is 12.2. The largest absolute Gasteiger partial charge is 0.389 e. The zero-order valence-corrected chi connectivity index (χ0v) is 10.1. The molecule has 1 saturated heterocycles. The van der Waals surface area contributed by atoms with Gasteiger partial charge in [0.05, 0.1) is 25.9 Å². The predicted molar refractivity (Wildman–Crippen MR) is 57.9 cm³/mol. The molecule has 2 unspecified atom stereocenters. The fraction of sp³-hybridized carbons (Fsp3) is 1.00. The highest BCUT2D eigenvalue weighted by molar-refractivity contribution is 4.79. The van der Waals surface area contributed by atoms with Gasteiger partial charge in [-0.05, 0) is 19.4 Å². The summed E-state index contributed by atoms with van der Waals surface area (Å²) < 4.78 is 47.3. The van der Waals surface area contributed by atoms with E-state index in [9.17, 15) is 13.2 Å². The Morgan fingerprint density at radius 3 is 2.65 bits per heavy atom. The SMILES string of the molecule is CCCNC(CCC(F)(F)F)C1COCCO1. The van der Waals surface area contributed by atoms with Crippen molar-refractivity contribution < 1.29 is 22.6 Å². The van der Waals surface area contributed by atoms with Crippen LogP contribution in [-0.2, 0) is 9.47 Å². The predicted octanol–water partition coefficient (Wildman–Crippen LogP) is 2.11. The molecule has 1 aliphatic heterocycles. The van der Waals surface area contributed by atoms with Crippen molar-refractivity contribution >= 4 is 0 Å². The summed E-state index contributed by atoms with van der Waals surface area (Å²) in [7, 11) is 0. The minimum absolute atomic E-state index is 0.0392. The summed E-state index contributed by atoms with van der Waals surface area (Å²) in [5, 5.41) is 3.11. The number of hydrogen-bond acceptors (Lipinski definition) is 3. The van der Waals surface area contributed by atoms with Crippen molar-refractivity contribution in [3.05, 3.63) is 0 Å². The molecule has 3 nitrogen and oxygen atoms in total. The van der Waals surface area contributed by atoms with Crippen molar-refractivity contribution in [3.8, 4) is 0 Å². The van der Waals surface area contributed by atoms with Crippen LogP contribution in [0.5, 0.6) is 0 Å². The number of rotatable bonds is 6. The summed E-state index contributed by atoms with van der Waals surface area (Å²) in [6, 6.07) is -0.281. The van der Waals surface area contributed by atoms with Crippen molar-refractivity contribution in [1.82, 2.24) is 5.32 Å². The van der Waals surface area contributed by atoms with Crippen LogP contribution >= 0.6 is 0 Å². The van der Waals surface area contributed by atoms with Gasteiger partial charge in [-0.15, -0.1) is 0 Å². The Morgan fingerprint density at radius 2 is 2.12 bits per heavy atom. The minimum atomic E-state index is -4.11. The average molecular weight is 255 g/mol. The van der Waals surface area contributed by atoms with Gasteiger partial charge in [0.2, 0.25) is 0 Å². The van der Waals surface area contributed by atoms with Gasteiger partial charge in [-0.3, -0.25) is 0 Å². The van der Waals surface area contributed by atoms with E-state index in [2.05, 4.69) is 5.32 Å². The molecule has 102 valence electrons. The molecule has 0 aromatic carbocycles. The fourth-order valence-corrected chi connectivity index (χ4v) is 1.81. The number of halogens is 3. The van der Waals surface area contributed by atoms with Crippen LogP contribution in [0.2, 0.25) is 0 Å². The summed E-state index contributed by atoms with van der Waals surface area (Å²) in [6.45, 7) is 4.03. The van der Waals surface area contributed by atoms with Gasteiger partial charge >= 0.3 is 6.18 Å². The third-order valence-electron chi connectivity index (χ3n) is 2.69. The van der Waals surface area contributed by atoms with E-state index in [-0.39, 0.29) is 18.6 Å². The lowest BCUT2D eigenvalue weighted by molar-refractivity contribution is -0.144. The van der Waals surface area contributed by atoms with Gasteiger partial charge in [0.1, 0.15) is 0 Å². The molecule has 0 aliphatic carbocycles. The topological polar surface area (TPSA) is 30.5 Å². The van der Waals surface area contributed by atoms with Gasteiger partial charge in [-0.1, -0.05) is 6.92 Å². The summed E-state index contributed by atoms with van der Waals surface area (Å²) >= 11 is 0. The molecule has 1 fully saturated rings. The molecule has 0 amide bonds. The van der Waals surface area contributed by atoms with E-state index in [0.717, 1.165) is 6.42 Å². The van der Waals surface area contributed by atoms with Crippen LogP contribution in [0.25, 0.3) is 0 Å². The van der Waals surface area contributed by atoms with Gasteiger partial charge in [-0.25, -0.2) is 0 Å². The Kier molecular flexibility index (Phi) is 6.22. The summed E-state index contributed by atoms with van der Waals surface area (Å²) in [5.41, 5.74) is 0. The fourth-order valence-electron chi connectivity index (χ4n) is 1.81. The molecule has 2 atom stereocenters. The second-order valence-corrected chi connectivity index (χ2v) is 4.20. The smallest absolute Gasteiger partial charge is 0.376 e. The van der Waals surface area contributed by atoms with Crippen LogP contribution in [0.15, 0.2) is 0 Å². The first-order chi connectivity index (χ1) is 8.03. The first-order valence-corrected chi connectivity index (χ1v) is 6.02. The molecule has 0 aromatic heterocycles. The van der Waals surface area contributed by atoms with E-state index < -0.39 is 12.6 Å². The standard InChI is InChI=1S/C11H20F3NO2/c1-2-5-15-9(3-4-11(12,13)14)10-8-16-6-7-17-10/h9-10,15H,2-8H2,1H3. The summed E-state index contributed by atoms with van der Waals surface area (Å²) in [4.78, 5) is 0. The van der Waals surface area contributed by atoms with Crippen molar-refractivity contribution in [1.29, 1.82) is 0 Å². The van der Waals surface area contributed by atoms with Crippen LogP contribution in [0.3, 0.4) is 0 Å². The lowest BCUT2D eigenvalue weighted by Crippen LogP contribution is -2.47. The maximum absolute atomic E-state index is 12.2. The zero-order chi connectivity index (χ0) is 12.7. The van der Waals surface area contributed by atoms with E-state index in [4.69, 9.17) is 9.47 Å². The Balaban J connectivity index is 2.40. The molecule has 1 heterocycles. The van der Waals surface area contributed by atoms with E-state index in [0.29, 0.717) is 26.4 Å². The lowest BCUT2D eigenvalue weighted by Gasteiger charge is -2.31. The van der Waals surface area contributed by atoms with E-state index in [1.54, 1.807) is 0 Å². The van der Waals surface area contributed by atoms with Gasteiger partial charge in [-0.2, -0.15) is 13.2 Å². The monoisotopic (exact) mass is 255 g/mol. The molecule has 0 spiro atoms. The number of nitrogens with one attached hydrogen (secondary N) is 1. The second kappa shape index (κ2) is 7.18. The summed E-state index contributed by atoms with van der Waals surface area (Å²) in [5.74, 6) is 0. The van der Waals surface area contributed by atoms with Crippen LogP contribution in [-0.4, -0.2) is 44.7 Å². The minimum Gasteiger partial charge on any atom is -0.376 e. The molecule has 0 bridgehead atoms. The number of ether oxygens (including phenoxy) is 2. The molecular weight excluding hydrogens is 235 g/mol. The first-order valence-electron chi connectivity index (χ1n) is 6.02. The quantitative estimate of drug-likeness (QED) is 0.788. The third-order valence-corrected chi connectivity index (χ3v) is 2.69. The molecule has 0 saturated carbocycles. The normalized spacial score (nSPS) is 23.6. The van der Waals surface area contributed by atoms with E-state index in [1.807, 2.05) is 6.92 Å². The van der Waals surface area contributed by atoms with E-state index >= 15 is 0 Å². The Bertz CT molecular complexity index is 205. The number of hydrogen-bond donors (Lipinski definition) is 1. The summed E-state index contributed by atoms with van der Waals surface area (Å²) in [6.07, 6.45) is -4.23. The third kappa shape index (κ3) is 6.24. The van der Waals surface area contributed by atoms with Crippen molar-refractivity contribution in [2.45, 2.75) is 44.5 Å². The van der Waals surface area contributed by atoms with Crippen LogP contribution in [0, 0.1) is 0 Å². The first kappa shape index (κ1) is 14.7. The molecule has 6 heteroatoms. The molecule has 1 N–H and O–H groups in total. The number of alkyl halides is 3. The Morgan fingerprint density at radius 1 is 1.35 bits per heavy atom. The molecule has 1 aliphatic rings. The molecule has 0 aromatic rings. The van der Waals surface area contributed by atoms with Crippen LogP contribution in [0.4, 0.5) is 13.2 Å². The highest BCUT2D eigenvalue weighted by Crippen LogP contribution is 2.24. The average Bonchev–Trinajstić information content (AvgIpc) is 2.29. The van der Waals surface area contributed by atoms with Gasteiger partial charge in [0.25, 0.3) is 0 Å². The van der Waals surface area contributed by atoms with Crippen molar-refractivity contribution in [2.24, 2.45) is 0 Å². The molecular formula is C11H20F3NO2. The Labute approximate surface area is 99.7 Å². The molecule has 1 rings (SSSR count). The van der Waals surface area contributed by atoms with Gasteiger partial charge in [0, 0.05) is 12.5 Å². The highest BCUT2D eigenvalue weighted by atomic mass is 19.4. The van der Waals surface area contributed by atoms with Crippen molar-refractivity contribution in [2.75, 3.05) is 26.4 Å². The van der Waals surface area contributed by atoms with Crippen LogP contribution < -0.4 is 5.32 Å². The maximum Gasteiger partial charge on any atom is 0.389 e. The van der Waals surface area contributed by atoms with Gasteiger partial charge in [0.15, 0.2) is 0 Å². The Hall–Kier alpha value is -0.330.